The normalized spacial score (nSPS) is 16.6. The Morgan fingerprint density at radius 2 is 1.89 bits per heavy atom. The standard InChI is InChI=1S/C16H23F2N/c1-2-8-19-16(13-6-7-13)5-3-4-12-9-14(17)11-15(18)10-12/h9-11,13,16,19H,2-8H2,1H3. The molecule has 1 nitrogen and oxygen atoms in total. The van der Waals surface area contributed by atoms with Crippen LogP contribution in [0.3, 0.4) is 0 Å². The van der Waals surface area contributed by atoms with Crippen molar-refractivity contribution in [2.45, 2.75) is 51.5 Å². The van der Waals surface area contributed by atoms with Gasteiger partial charge >= 0.3 is 0 Å². The molecule has 1 saturated carbocycles. The van der Waals surface area contributed by atoms with Crippen molar-refractivity contribution in [3.05, 3.63) is 35.4 Å². The zero-order chi connectivity index (χ0) is 13.7. The van der Waals surface area contributed by atoms with Gasteiger partial charge < -0.3 is 5.32 Å². The number of hydrogen-bond donors (Lipinski definition) is 1. The molecule has 0 amide bonds. The van der Waals surface area contributed by atoms with Crippen molar-refractivity contribution in [1.82, 2.24) is 5.32 Å². The van der Waals surface area contributed by atoms with Crippen LogP contribution in [-0.2, 0) is 6.42 Å². The SMILES string of the molecule is CCCNC(CCCc1cc(F)cc(F)c1)C1CC1. The lowest BCUT2D eigenvalue weighted by molar-refractivity contribution is 0.424. The number of nitrogens with one attached hydrogen (secondary N) is 1. The van der Waals surface area contributed by atoms with E-state index in [0.717, 1.165) is 49.8 Å². The second-order valence-corrected chi connectivity index (χ2v) is 5.57. The minimum absolute atomic E-state index is 0.474. The van der Waals surface area contributed by atoms with E-state index in [4.69, 9.17) is 0 Å². The van der Waals surface area contributed by atoms with Gasteiger partial charge in [0.1, 0.15) is 11.6 Å². The van der Waals surface area contributed by atoms with Crippen LogP contribution in [0.5, 0.6) is 0 Å². The van der Waals surface area contributed by atoms with Crippen LogP contribution in [-0.4, -0.2) is 12.6 Å². The van der Waals surface area contributed by atoms with Crippen molar-refractivity contribution in [2.24, 2.45) is 5.92 Å². The monoisotopic (exact) mass is 267 g/mol. The van der Waals surface area contributed by atoms with Crippen LogP contribution in [0.4, 0.5) is 8.78 Å². The molecule has 0 spiro atoms. The molecule has 1 aromatic carbocycles. The Kier molecular flexibility index (Phi) is 5.32. The highest BCUT2D eigenvalue weighted by atomic mass is 19.1. The molecule has 0 heterocycles. The van der Waals surface area contributed by atoms with E-state index < -0.39 is 11.6 Å². The third kappa shape index (κ3) is 4.90. The summed E-state index contributed by atoms with van der Waals surface area (Å²) in [7, 11) is 0. The summed E-state index contributed by atoms with van der Waals surface area (Å²) >= 11 is 0. The van der Waals surface area contributed by atoms with Gasteiger partial charge in [-0.25, -0.2) is 8.78 Å². The average Bonchev–Trinajstić information content (AvgIpc) is 3.16. The highest BCUT2D eigenvalue weighted by Gasteiger charge is 2.29. The third-order valence-electron chi connectivity index (χ3n) is 3.75. The molecule has 1 N–H and O–H groups in total. The predicted octanol–water partition coefficient (Wildman–Crippen LogP) is 4.07. The minimum atomic E-state index is -0.474. The van der Waals surface area contributed by atoms with Crippen LogP contribution in [0, 0.1) is 17.6 Å². The topological polar surface area (TPSA) is 12.0 Å². The van der Waals surface area contributed by atoms with Gasteiger partial charge in [-0.05, 0) is 68.7 Å². The van der Waals surface area contributed by atoms with E-state index >= 15 is 0 Å². The molecule has 0 aliphatic heterocycles. The van der Waals surface area contributed by atoms with E-state index in [0.29, 0.717) is 6.04 Å². The van der Waals surface area contributed by atoms with Crippen LogP contribution >= 0.6 is 0 Å². The number of rotatable bonds is 8. The Labute approximate surface area is 114 Å². The molecule has 19 heavy (non-hydrogen) atoms. The summed E-state index contributed by atoms with van der Waals surface area (Å²) in [4.78, 5) is 0. The van der Waals surface area contributed by atoms with E-state index in [1.807, 2.05) is 0 Å². The highest BCUT2D eigenvalue weighted by molar-refractivity contribution is 5.17. The van der Waals surface area contributed by atoms with Crippen molar-refractivity contribution in [3.8, 4) is 0 Å². The van der Waals surface area contributed by atoms with Crippen molar-refractivity contribution in [1.29, 1.82) is 0 Å². The third-order valence-corrected chi connectivity index (χ3v) is 3.75. The van der Waals surface area contributed by atoms with Crippen molar-refractivity contribution in [2.75, 3.05) is 6.54 Å². The first-order chi connectivity index (χ1) is 9.19. The Balaban J connectivity index is 1.77. The van der Waals surface area contributed by atoms with Gasteiger partial charge in [-0.2, -0.15) is 0 Å². The summed E-state index contributed by atoms with van der Waals surface area (Å²) < 4.78 is 26.1. The van der Waals surface area contributed by atoms with Gasteiger partial charge in [0.15, 0.2) is 0 Å². The first-order valence-electron chi connectivity index (χ1n) is 7.37. The van der Waals surface area contributed by atoms with E-state index in [-0.39, 0.29) is 0 Å². The summed E-state index contributed by atoms with van der Waals surface area (Å²) in [6, 6.07) is 4.40. The first-order valence-corrected chi connectivity index (χ1v) is 7.37. The molecule has 1 atom stereocenters. The van der Waals surface area contributed by atoms with Crippen molar-refractivity contribution in [3.63, 3.8) is 0 Å². The summed E-state index contributed by atoms with van der Waals surface area (Å²) in [6.45, 7) is 3.24. The van der Waals surface area contributed by atoms with Gasteiger partial charge in [-0.3, -0.25) is 0 Å². The lowest BCUT2D eigenvalue weighted by Gasteiger charge is -2.17. The second-order valence-electron chi connectivity index (χ2n) is 5.57. The van der Waals surface area contributed by atoms with Gasteiger partial charge in [0, 0.05) is 12.1 Å². The van der Waals surface area contributed by atoms with Crippen LogP contribution in [0.2, 0.25) is 0 Å². The molecular weight excluding hydrogens is 244 g/mol. The summed E-state index contributed by atoms with van der Waals surface area (Å²) in [5.74, 6) is -0.119. The molecular formula is C16H23F2N. The molecule has 106 valence electrons. The van der Waals surface area contributed by atoms with Gasteiger partial charge in [-0.15, -0.1) is 0 Å². The molecule has 0 aromatic heterocycles. The maximum atomic E-state index is 13.1. The molecule has 0 saturated heterocycles. The van der Waals surface area contributed by atoms with Gasteiger partial charge in [0.2, 0.25) is 0 Å². The Bertz CT molecular complexity index is 381. The summed E-state index contributed by atoms with van der Waals surface area (Å²) in [5, 5.41) is 3.59. The molecule has 3 heteroatoms. The summed E-state index contributed by atoms with van der Waals surface area (Å²) in [6.07, 6.45) is 6.65. The largest absolute Gasteiger partial charge is 0.314 e. The maximum absolute atomic E-state index is 13.1. The molecule has 1 unspecified atom stereocenters. The molecule has 0 radical (unpaired) electrons. The Morgan fingerprint density at radius 1 is 1.21 bits per heavy atom. The minimum Gasteiger partial charge on any atom is -0.314 e. The Hall–Kier alpha value is -0.960. The second kappa shape index (κ2) is 6.99. The Morgan fingerprint density at radius 3 is 2.47 bits per heavy atom. The molecule has 1 aliphatic rings. The van der Waals surface area contributed by atoms with Crippen LogP contribution < -0.4 is 5.32 Å². The number of hydrogen-bond acceptors (Lipinski definition) is 1. The molecule has 1 fully saturated rings. The highest BCUT2D eigenvalue weighted by Crippen LogP contribution is 2.34. The number of halogens is 2. The van der Waals surface area contributed by atoms with Gasteiger partial charge in [-0.1, -0.05) is 6.92 Å². The smallest absolute Gasteiger partial charge is 0.126 e. The van der Waals surface area contributed by atoms with Crippen LogP contribution in [0.15, 0.2) is 18.2 Å². The average molecular weight is 267 g/mol. The zero-order valence-electron chi connectivity index (χ0n) is 11.6. The lowest BCUT2D eigenvalue weighted by atomic mass is 10.0. The fraction of sp³-hybridized carbons (Fsp3) is 0.625. The fourth-order valence-corrected chi connectivity index (χ4v) is 2.61. The van der Waals surface area contributed by atoms with E-state index in [9.17, 15) is 8.78 Å². The van der Waals surface area contributed by atoms with Gasteiger partial charge in [0.05, 0.1) is 0 Å². The molecule has 2 rings (SSSR count). The lowest BCUT2D eigenvalue weighted by Crippen LogP contribution is -2.31. The maximum Gasteiger partial charge on any atom is 0.126 e. The van der Waals surface area contributed by atoms with Crippen LogP contribution in [0.25, 0.3) is 0 Å². The predicted molar refractivity (Wildman–Crippen MR) is 74.1 cm³/mol. The van der Waals surface area contributed by atoms with Crippen LogP contribution in [0.1, 0.15) is 44.6 Å². The number of aryl methyl sites for hydroxylation is 1. The van der Waals surface area contributed by atoms with Crippen molar-refractivity contribution < 1.29 is 8.78 Å². The number of benzene rings is 1. The van der Waals surface area contributed by atoms with Crippen molar-refractivity contribution >= 4 is 0 Å². The quantitative estimate of drug-likeness (QED) is 0.748. The molecule has 1 aromatic rings. The molecule has 1 aliphatic carbocycles. The molecule has 0 bridgehead atoms. The summed E-state index contributed by atoms with van der Waals surface area (Å²) in [5.41, 5.74) is 0.766. The van der Waals surface area contributed by atoms with E-state index in [1.54, 1.807) is 0 Å². The van der Waals surface area contributed by atoms with E-state index in [2.05, 4.69) is 12.2 Å². The van der Waals surface area contributed by atoms with Gasteiger partial charge in [0.25, 0.3) is 0 Å². The fourth-order valence-electron chi connectivity index (χ4n) is 2.61. The first kappa shape index (κ1) is 14.4. The zero-order valence-corrected chi connectivity index (χ0v) is 11.6. The van der Waals surface area contributed by atoms with E-state index in [1.165, 1.54) is 25.0 Å².